The molecule has 2 atom stereocenters. The van der Waals surface area contributed by atoms with Crippen molar-refractivity contribution < 1.29 is 9.84 Å². The van der Waals surface area contributed by atoms with Crippen LogP contribution in [-0.2, 0) is 4.74 Å². The molecule has 1 heterocycles. The highest BCUT2D eigenvalue weighted by atomic mass is 16.5. The third-order valence-corrected chi connectivity index (χ3v) is 2.27. The number of ether oxygens (including phenoxy) is 1. The van der Waals surface area contributed by atoms with Crippen LogP contribution >= 0.6 is 0 Å². The largest absolute Gasteiger partial charge is 0.478 e. The predicted molar refractivity (Wildman–Crippen MR) is 52.9 cm³/mol. The quantitative estimate of drug-likeness (QED) is 0.723. The van der Waals surface area contributed by atoms with Crippen molar-refractivity contribution in [2.24, 2.45) is 16.8 Å². The molecule has 76 valence electrons. The summed E-state index contributed by atoms with van der Waals surface area (Å²) < 4.78 is 5.39. The van der Waals surface area contributed by atoms with E-state index in [1.165, 1.54) is 0 Å². The average molecular weight is 185 g/mol. The van der Waals surface area contributed by atoms with Gasteiger partial charge >= 0.3 is 0 Å². The molecule has 1 aliphatic rings. The average Bonchev–Trinajstić information content (AvgIpc) is 2.50. The van der Waals surface area contributed by atoms with E-state index in [1.54, 1.807) is 0 Å². The molecule has 1 rings (SSSR count). The fourth-order valence-electron chi connectivity index (χ4n) is 1.34. The molecule has 0 saturated carbocycles. The summed E-state index contributed by atoms with van der Waals surface area (Å²) in [6.45, 7) is 8.61. The van der Waals surface area contributed by atoms with Gasteiger partial charge < -0.3 is 9.84 Å². The van der Waals surface area contributed by atoms with Crippen molar-refractivity contribution in [3.8, 4) is 0 Å². The summed E-state index contributed by atoms with van der Waals surface area (Å²) in [5, 5.41) is 9.74. The second-order valence-corrected chi connectivity index (χ2v) is 4.23. The highest BCUT2D eigenvalue weighted by molar-refractivity contribution is 5.79. The topological polar surface area (TPSA) is 41.8 Å². The van der Waals surface area contributed by atoms with E-state index in [0.717, 1.165) is 5.90 Å². The van der Waals surface area contributed by atoms with E-state index >= 15 is 0 Å². The fourth-order valence-corrected chi connectivity index (χ4v) is 1.34. The molecule has 2 unspecified atom stereocenters. The second-order valence-electron chi connectivity index (χ2n) is 4.23. The monoisotopic (exact) mass is 185 g/mol. The number of aliphatic hydroxyl groups excluding tert-OH is 1. The summed E-state index contributed by atoms with van der Waals surface area (Å²) in [5.41, 5.74) is 0. The van der Waals surface area contributed by atoms with Crippen LogP contribution in [0.5, 0.6) is 0 Å². The van der Waals surface area contributed by atoms with E-state index in [-0.39, 0.29) is 18.1 Å². The molecule has 0 radical (unpaired) electrons. The van der Waals surface area contributed by atoms with Gasteiger partial charge in [0.25, 0.3) is 0 Å². The van der Waals surface area contributed by atoms with Gasteiger partial charge in [0.1, 0.15) is 12.6 Å². The lowest BCUT2D eigenvalue weighted by Crippen LogP contribution is -2.30. The minimum atomic E-state index is -0.378. The summed E-state index contributed by atoms with van der Waals surface area (Å²) >= 11 is 0. The molecule has 0 bridgehead atoms. The smallest absolute Gasteiger partial charge is 0.186 e. The molecular formula is C10H19NO2. The zero-order chi connectivity index (χ0) is 10.0. The Labute approximate surface area is 79.8 Å². The van der Waals surface area contributed by atoms with Crippen molar-refractivity contribution in [2.75, 3.05) is 6.61 Å². The third-order valence-electron chi connectivity index (χ3n) is 2.27. The van der Waals surface area contributed by atoms with Crippen LogP contribution in [0.1, 0.15) is 27.7 Å². The van der Waals surface area contributed by atoms with Gasteiger partial charge in [0, 0.05) is 5.92 Å². The van der Waals surface area contributed by atoms with Crippen LogP contribution in [0.15, 0.2) is 4.99 Å². The Morgan fingerprint density at radius 1 is 1.38 bits per heavy atom. The molecule has 0 aromatic rings. The lowest BCUT2D eigenvalue weighted by molar-refractivity contribution is 0.0867. The summed E-state index contributed by atoms with van der Waals surface area (Å²) in [6, 6.07) is -0.0580. The van der Waals surface area contributed by atoms with Gasteiger partial charge in [-0.3, -0.25) is 0 Å². The summed E-state index contributed by atoms with van der Waals surface area (Å²) in [4.78, 5) is 4.35. The van der Waals surface area contributed by atoms with Crippen LogP contribution in [0.4, 0.5) is 0 Å². The summed E-state index contributed by atoms with van der Waals surface area (Å²) in [7, 11) is 0. The normalized spacial score (nSPS) is 24.8. The molecule has 0 amide bonds. The van der Waals surface area contributed by atoms with Crippen molar-refractivity contribution in [1.82, 2.24) is 0 Å². The Morgan fingerprint density at radius 2 is 2.00 bits per heavy atom. The minimum absolute atomic E-state index is 0.0580. The lowest BCUT2D eigenvalue weighted by Gasteiger charge is -2.17. The number of hydrogen-bond acceptors (Lipinski definition) is 3. The first-order chi connectivity index (χ1) is 6.02. The Hall–Kier alpha value is -0.570. The molecule has 0 aromatic heterocycles. The van der Waals surface area contributed by atoms with Gasteiger partial charge in [-0.05, 0) is 5.92 Å². The number of nitrogens with zero attached hydrogens (tertiary/aromatic N) is 1. The van der Waals surface area contributed by atoms with Crippen molar-refractivity contribution in [3.05, 3.63) is 0 Å². The van der Waals surface area contributed by atoms with E-state index in [9.17, 15) is 5.11 Å². The molecular weight excluding hydrogens is 166 g/mol. The molecule has 0 fully saturated rings. The Balaban J connectivity index is 2.57. The highest BCUT2D eigenvalue weighted by Gasteiger charge is 2.28. The standard InChI is InChI=1S/C10H19NO2/c1-6(2)9(12)8-5-13-10(11-8)7(3)4/h6-9,12H,5H2,1-4H3. The number of aliphatic hydroxyl groups is 1. The molecule has 3 nitrogen and oxygen atoms in total. The number of rotatable bonds is 3. The maximum Gasteiger partial charge on any atom is 0.186 e. The van der Waals surface area contributed by atoms with Crippen LogP contribution < -0.4 is 0 Å². The number of hydrogen-bond donors (Lipinski definition) is 1. The molecule has 0 aliphatic carbocycles. The van der Waals surface area contributed by atoms with Gasteiger partial charge in [-0.1, -0.05) is 27.7 Å². The van der Waals surface area contributed by atoms with Crippen molar-refractivity contribution >= 4 is 5.90 Å². The predicted octanol–water partition coefficient (Wildman–Crippen LogP) is 1.46. The van der Waals surface area contributed by atoms with Crippen LogP contribution in [0.2, 0.25) is 0 Å². The van der Waals surface area contributed by atoms with Gasteiger partial charge in [-0.15, -0.1) is 0 Å². The van der Waals surface area contributed by atoms with Crippen LogP contribution in [0.3, 0.4) is 0 Å². The maximum absolute atomic E-state index is 9.74. The first-order valence-corrected chi connectivity index (χ1v) is 4.91. The van der Waals surface area contributed by atoms with Crippen LogP contribution in [0, 0.1) is 11.8 Å². The van der Waals surface area contributed by atoms with Gasteiger partial charge in [-0.2, -0.15) is 0 Å². The van der Waals surface area contributed by atoms with E-state index in [1.807, 2.05) is 27.7 Å². The van der Waals surface area contributed by atoms with Crippen molar-refractivity contribution in [3.63, 3.8) is 0 Å². The van der Waals surface area contributed by atoms with Crippen LogP contribution in [0.25, 0.3) is 0 Å². The molecule has 0 saturated heterocycles. The molecule has 1 N–H and O–H groups in total. The molecule has 0 aromatic carbocycles. The van der Waals surface area contributed by atoms with Gasteiger partial charge in [-0.25, -0.2) is 4.99 Å². The zero-order valence-electron chi connectivity index (χ0n) is 8.82. The minimum Gasteiger partial charge on any atom is -0.478 e. The summed E-state index contributed by atoms with van der Waals surface area (Å²) in [6.07, 6.45) is -0.378. The Bertz CT molecular complexity index is 199. The molecule has 13 heavy (non-hydrogen) atoms. The first kappa shape index (κ1) is 10.5. The Morgan fingerprint density at radius 3 is 2.38 bits per heavy atom. The highest BCUT2D eigenvalue weighted by Crippen LogP contribution is 2.17. The maximum atomic E-state index is 9.74. The summed E-state index contributed by atoms with van der Waals surface area (Å²) in [5.74, 6) is 1.35. The van der Waals surface area contributed by atoms with E-state index in [2.05, 4.69) is 4.99 Å². The molecule has 3 heteroatoms. The van der Waals surface area contributed by atoms with E-state index in [4.69, 9.17) is 4.74 Å². The second kappa shape index (κ2) is 4.09. The molecule has 0 spiro atoms. The van der Waals surface area contributed by atoms with Crippen LogP contribution in [-0.4, -0.2) is 29.8 Å². The number of aliphatic imine (C=N–C) groups is 1. The van der Waals surface area contributed by atoms with E-state index in [0.29, 0.717) is 12.5 Å². The Kier molecular flexibility index (Phi) is 3.31. The molecule has 1 aliphatic heterocycles. The van der Waals surface area contributed by atoms with Crippen molar-refractivity contribution in [2.45, 2.75) is 39.8 Å². The zero-order valence-corrected chi connectivity index (χ0v) is 8.82. The van der Waals surface area contributed by atoms with E-state index < -0.39 is 0 Å². The van der Waals surface area contributed by atoms with Gasteiger partial charge in [0.15, 0.2) is 5.90 Å². The van der Waals surface area contributed by atoms with Gasteiger partial charge in [0.05, 0.1) is 6.10 Å². The van der Waals surface area contributed by atoms with Gasteiger partial charge in [0.2, 0.25) is 0 Å². The SMILES string of the molecule is CC(C)C1=NC(C(O)C(C)C)CO1. The fraction of sp³-hybridized carbons (Fsp3) is 0.900. The van der Waals surface area contributed by atoms with Crippen molar-refractivity contribution in [1.29, 1.82) is 0 Å². The third kappa shape index (κ3) is 2.44. The first-order valence-electron chi connectivity index (χ1n) is 4.91. The lowest BCUT2D eigenvalue weighted by atomic mass is 10.0.